The average molecular weight is 702 g/mol. The van der Waals surface area contributed by atoms with Gasteiger partial charge >= 0.3 is 24.7 Å². The van der Waals surface area contributed by atoms with Crippen molar-refractivity contribution in [1.29, 1.82) is 0 Å². The number of carbonyl (C=O) groups is 2. The van der Waals surface area contributed by atoms with Crippen LogP contribution in [-0.4, -0.2) is 41.0 Å². The van der Waals surface area contributed by atoms with Gasteiger partial charge in [0.15, 0.2) is 17.5 Å². The van der Waals surface area contributed by atoms with Crippen LogP contribution in [0.25, 0.3) is 32.5 Å². The highest BCUT2D eigenvalue weighted by Gasteiger charge is 2.41. The number of nitrogens with one attached hydrogen (secondary N) is 1. The highest BCUT2D eigenvalue weighted by molar-refractivity contribution is 7.22. The number of amides is 1. The van der Waals surface area contributed by atoms with Crippen molar-refractivity contribution in [2.45, 2.75) is 18.7 Å². The number of aromatic nitrogens is 2. The number of esters is 1. The first kappa shape index (κ1) is 34.0. The predicted molar refractivity (Wildman–Crippen MR) is 152 cm³/mol. The molecule has 0 aliphatic rings. The van der Waals surface area contributed by atoms with Crippen LogP contribution in [0.1, 0.15) is 5.56 Å². The predicted octanol–water partition coefficient (Wildman–Crippen LogP) is 8.78. The maximum Gasteiger partial charge on any atom is 0.573 e. The summed E-state index contributed by atoms with van der Waals surface area (Å²) in [5.41, 5.74) is 0.523. The van der Waals surface area contributed by atoms with Gasteiger partial charge < -0.3 is 14.2 Å². The maximum absolute atomic E-state index is 13.2. The first-order valence-corrected chi connectivity index (χ1v) is 13.9. The largest absolute Gasteiger partial charge is 0.573 e. The third kappa shape index (κ3) is 8.30. The summed E-state index contributed by atoms with van der Waals surface area (Å²) < 4.78 is 129. The Morgan fingerprint density at radius 3 is 2.08 bits per heavy atom. The van der Waals surface area contributed by atoms with Gasteiger partial charge in [-0.05, 0) is 53.1 Å². The quantitative estimate of drug-likeness (QED) is 0.128. The SMILES string of the molecule is O=C(COC(=O)C(F)(F)F)Nc1nc2c(Oc3cc(-c4ccc(C(F)(F)F)cc4)c(-c4ccc(OC(F)(F)F)cc4)cn3)cccc2s1. The minimum Gasteiger partial charge on any atom is -0.449 e. The number of benzene rings is 3. The smallest absolute Gasteiger partial charge is 0.449 e. The molecule has 3 aromatic carbocycles. The van der Waals surface area contributed by atoms with Crippen molar-refractivity contribution in [3.05, 3.63) is 84.6 Å². The minimum absolute atomic E-state index is 0.0687. The number of nitrogens with zero attached hydrogens (tertiary/aromatic N) is 2. The van der Waals surface area contributed by atoms with E-state index >= 15 is 0 Å². The van der Waals surface area contributed by atoms with Gasteiger partial charge in [-0.1, -0.05) is 41.7 Å². The van der Waals surface area contributed by atoms with Crippen molar-refractivity contribution in [2.24, 2.45) is 0 Å². The molecule has 0 aliphatic heterocycles. The van der Waals surface area contributed by atoms with Crippen LogP contribution < -0.4 is 14.8 Å². The number of carbonyl (C=O) groups excluding carboxylic acids is 2. The van der Waals surface area contributed by atoms with Gasteiger partial charge in [-0.15, -0.1) is 13.2 Å². The molecule has 2 aromatic heterocycles. The van der Waals surface area contributed by atoms with Gasteiger partial charge in [0.25, 0.3) is 5.91 Å². The summed E-state index contributed by atoms with van der Waals surface area (Å²) in [5.74, 6) is -4.11. The Morgan fingerprint density at radius 1 is 0.812 bits per heavy atom. The van der Waals surface area contributed by atoms with Gasteiger partial charge in [0.2, 0.25) is 5.88 Å². The summed E-state index contributed by atoms with van der Waals surface area (Å²) in [6.07, 6.45) is -13.5. The van der Waals surface area contributed by atoms with Crippen LogP contribution in [0.5, 0.6) is 17.4 Å². The molecule has 1 amide bonds. The molecule has 0 radical (unpaired) electrons. The highest BCUT2D eigenvalue weighted by Crippen LogP contribution is 2.39. The highest BCUT2D eigenvalue weighted by atomic mass is 32.1. The van der Waals surface area contributed by atoms with E-state index in [4.69, 9.17) is 4.74 Å². The Kier molecular flexibility index (Phi) is 9.21. The molecule has 0 atom stereocenters. The van der Waals surface area contributed by atoms with Crippen molar-refractivity contribution in [1.82, 2.24) is 9.97 Å². The fraction of sp³-hybridized carbons (Fsp3) is 0.133. The van der Waals surface area contributed by atoms with Crippen LogP contribution in [-0.2, 0) is 20.5 Å². The van der Waals surface area contributed by atoms with E-state index in [0.717, 1.165) is 35.6 Å². The molecule has 2 heterocycles. The fourth-order valence-corrected chi connectivity index (χ4v) is 5.08. The van der Waals surface area contributed by atoms with E-state index < -0.39 is 48.5 Å². The van der Waals surface area contributed by atoms with Crippen molar-refractivity contribution in [3.63, 3.8) is 0 Å². The zero-order valence-corrected chi connectivity index (χ0v) is 24.3. The Bertz CT molecular complexity index is 1960. The zero-order valence-electron chi connectivity index (χ0n) is 23.5. The lowest BCUT2D eigenvalue weighted by Crippen LogP contribution is -2.29. The van der Waals surface area contributed by atoms with E-state index in [-0.39, 0.29) is 27.8 Å². The van der Waals surface area contributed by atoms with E-state index in [9.17, 15) is 49.1 Å². The Labute approximate surface area is 266 Å². The Balaban J connectivity index is 1.44. The third-order valence-corrected chi connectivity index (χ3v) is 7.15. The number of ether oxygens (including phenoxy) is 3. The summed E-state index contributed by atoms with van der Waals surface area (Å²) in [6.45, 7) is -1.22. The third-order valence-electron chi connectivity index (χ3n) is 6.21. The summed E-state index contributed by atoms with van der Waals surface area (Å²) in [5, 5.41) is 2.15. The average Bonchev–Trinajstić information content (AvgIpc) is 3.42. The van der Waals surface area contributed by atoms with Crippen molar-refractivity contribution in [3.8, 4) is 39.6 Å². The van der Waals surface area contributed by atoms with E-state index in [1.54, 1.807) is 12.1 Å². The molecule has 0 bridgehead atoms. The lowest BCUT2D eigenvalue weighted by atomic mass is 9.95. The second-order valence-corrected chi connectivity index (χ2v) is 10.6. The molecule has 0 saturated carbocycles. The molecular weight excluding hydrogens is 685 g/mol. The number of pyridine rings is 1. The minimum atomic E-state index is -5.28. The molecule has 250 valence electrons. The van der Waals surface area contributed by atoms with E-state index in [1.807, 2.05) is 0 Å². The fourth-order valence-electron chi connectivity index (χ4n) is 4.18. The lowest BCUT2D eigenvalue weighted by molar-refractivity contribution is -0.274. The molecule has 0 aliphatic carbocycles. The van der Waals surface area contributed by atoms with Crippen LogP contribution in [0, 0.1) is 0 Å². The Hall–Kier alpha value is -5.39. The molecule has 0 unspecified atom stereocenters. The number of para-hydroxylation sites is 1. The van der Waals surface area contributed by atoms with Gasteiger partial charge in [0, 0.05) is 17.8 Å². The summed E-state index contributed by atoms with van der Waals surface area (Å²) in [7, 11) is 0. The number of hydrogen-bond donors (Lipinski definition) is 1. The van der Waals surface area contributed by atoms with Crippen molar-refractivity contribution < 1.29 is 63.3 Å². The van der Waals surface area contributed by atoms with Crippen LogP contribution in [0.4, 0.5) is 44.6 Å². The van der Waals surface area contributed by atoms with Crippen LogP contribution in [0.3, 0.4) is 0 Å². The number of halogens is 9. The molecule has 0 fully saturated rings. The molecule has 18 heteroatoms. The molecule has 0 spiro atoms. The van der Waals surface area contributed by atoms with E-state index in [0.29, 0.717) is 21.4 Å². The van der Waals surface area contributed by atoms with Gasteiger partial charge in [-0.2, -0.15) is 26.3 Å². The monoisotopic (exact) mass is 701 g/mol. The zero-order chi connectivity index (χ0) is 34.9. The van der Waals surface area contributed by atoms with Crippen LogP contribution in [0.15, 0.2) is 79.0 Å². The first-order chi connectivity index (χ1) is 22.5. The second kappa shape index (κ2) is 13.0. The molecular formula is C30H16F9N3O5S. The number of hydrogen-bond acceptors (Lipinski definition) is 8. The lowest BCUT2D eigenvalue weighted by Gasteiger charge is -2.14. The molecule has 8 nitrogen and oxygen atoms in total. The standard InChI is InChI=1S/C30H16F9N3O5S/c31-28(32,33)17-8-4-15(5-9-17)19-12-24(40-13-20(19)16-6-10-18(11-7-16)47-30(37,38)39)46-21-2-1-3-22-25(21)42-27(48-22)41-23(43)14-45-26(44)29(34,35)36/h1-13H,14H2,(H,41,42,43). The van der Waals surface area contributed by atoms with Crippen molar-refractivity contribution in [2.75, 3.05) is 11.9 Å². The van der Waals surface area contributed by atoms with Crippen LogP contribution in [0.2, 0.25) is 0 Å². The number of thiazole rings is 1. The normalized spacial score (nSPS) is 12.1. The number of rotatable bonds is 8. The van der Waals surface area contributed by atoms with Crippen molar-refractivity contribution >= 4 is 38.6 Å². The summed E-state index contributed by atoms with van der Waals surface area (Å²) in [6, 6.07) is 14.9. The molecule has 48 heavy (non-hydrogen) atoms. The van der Waals surface area contributed by atoms with Gasteiger partial charge in [-0.3, -0.25) is 10.1 Å². The molecule has 5 aromatic rings. The van der Waals surface area contributed by atoms with E-state index in [2.05, 4.69) is 24.8 Å². The number of fused-ring (bicyclic) bond motifs is 1. The van der Waals surface area contributed by atoms with E-state index in [1.165, 1.54) is 42.6 Å². The van der Waals surface area contributed by atoms with Gasteiger partial charge in [-0.25, -0.2) is 14.8 Å². The van der Waals surface area contributed by atoms with Crippen LogP contribution >= 0.6 is 11.3 Å². The van der Waals surface area contributed by atoms with Gasteiger partial charge in [0.05, 0.1) is 10.3 Å². The topological polar surface area (TPSA) is 99.6 Å². The van der Waals surface area contributed by atoms with Gasteiger partial charge in [0.1, 0.15) is 11.3 Å². The number of anilines is 1. The second-order valence-electron chi connectivity index (χ2n) is 9.56. The number of alkyl halides is 9. The molecule has 1 N–H and O–H groups in total. The summed E-state index contributed by atoms with van der Waals surface area (Å²) >= 11 is 0.919. The summed E-state index contributed by atoms with van der Waals surface area (Å²) in [4.78, 5) is 31.3. The Morgan fingerprint density at radius 2 is 1.46 bits per heavy atom. The first-order valence-electron chi connectivity index (χ1n) is 13.1. The molecule has 0 saturated heterocycles. The maximum atomic E-state index is 13.2. The molecule has 5 rings (SSSR count).